The van der Waals surface area contributed by atoms with Crippen LogP contribution in [0, 0.1) is 12.7 Å². The first-order chi connectivity index (χ1) is 13.0. The van der Waals surface area contributed by atoms with Gasteiger partial charge in [0.25, 0.3) is 5.91 Å². The summed E-state index contributed by atoms with van der Waals surface area (Å²) in [6.07, 6.45) is 1.81. The molecule has 2 aromatic carbocycles. The standard InChI is InChI=1S/C20H16ClFN2O2S/c1-12-4-2-5-13(10-12)24-19(25)18-17(8-9-27-18)23(20(24)26)11-14-15(21)6-3-7-16(14)22/h2-10,17-18H,11H2,1H3. The van der Waals surface area contributed by atoms with Gasteiger partial charge in [0.1, 0.15) is 11.1 Å². The minimum absolute atomic E-state index is 0.00793. The molecule has 4 rings (SSSR count). The van der Waals surface area contributed by atoms with Crippen molar-refractivity contribution in [1.29, 1.82) is 0 Å². The van der Waals surface area contributed by atoms with Crippen molar-refractivity contribution >= 4 is 41.0 Å². The lowest BCUT2D eigenvalue weighted by Gasteiger charge is -2.41. The molecule has 0 bridgehead atoms. The van der Waals surface area contributed by atoms with E-state index in [2.05, 4.69) is 0 Å². The van der Waals surface area contributed by atoms with Crippen molar-refractivity contribution in [2.45, 2.75) is 24.8 Å². The van der Waals surface area contributed by atoms with E-state index in [1.807, 2.05) is 24.5 Å². The van der Waals surface area contributed by atoms with Crippen molar-refractivity contribution < 1.29 is 14.0 Å². The third-order valence-corrected chi connectivity index (χ3v) is 6.16. The largest absolute Gasteiger partial charge is 0.332 e. The fourth-order valence-electron chi connectivity index (χ4n) is 3.37. The fourth-order valence-corrected chi connectivity index (χ4v) is 4.64. The minimum Gasteiger partial charge on any atom is -0.311 e. The maximum atomic E-state index is 14.3. The number of nitrogens with zero attached hydrogens (tertiary/aromatic N) is 2. The number of carbonyl (C=O) groups excluding carboxylic acids is 2. The highest BCUT2D eigenvalue weighted by Gasteiger charge is 2.48. The number of aryl methyl sites for hydroxylation is 1. The van der Waals surface area contributed by atoms with E-state index in [4.69, 9.17) is 11.6 Å². The molecule has 0 N–H and O–H groups in total. The van der Waals surface area contributed by atoms with Crippen LogP contribution in [0.25, 0.3) is 0 Å². The Balaban J connectivity index is 1.75. The van der Waals surface area contributed by atoms with Gasteiger partial charge >= 0.3 is 6.03 Å². The Morgan fingerprint density at radius 1 is 1.19 bits per heavy atom. The molecule has 0 saturated carbocycles. The van der Waals surface area contributed by atoms with E-state index in [1.54, 1.807) is 24.3 Å². The van der Waals surface area contributed by atoms with Gasteiger partial charge < -0.3 is 4.90 Å². The van der Waals surface area contributed by atoms with Crippen LogP contribution in [0.4, 0.5) is 14.9 Å². The summed E-state index contributed by atoms with van der Waals surface area (Å²) in [4.78, 5) is 28.9. The number of fused-ring (bicyclic) bond motifs is 1. The highest BCUT2D eigenvalue weighted by Crippen LogP contribution is 2.38. The van der Waals surface area contributed by atoms with Gasteiger partial charge in [-0.05, 0) is 42.2 Å². The normalized spacial score (nSPS) is 21.7. The second kappa shape index (κ2) is 7.02. The molecule has 2 aliphatic rings. The van der Waals surface area contributed by atoms with Crippen molar-refractivity contribution in [1.82, 2.24) is 4.90 Å². The van der Waals surface area contributed by atoms with Crippen LogP contribution in [0.1, 0.15) is 11.1 Å². The van der Waals surface area contributed by atoms with E-state index in [-0.39, 0.29) is 23.0 Å². The first-order valence-electron chi connectivity index (χ1n) is 8.43. The van der Waals surface area contributed by atoms with E-state index in [0.717, 1.165) is 5.56 Å². The van der Waals surface area contributed by atoms with Crippen molar-refractivity contribution in [3.05, 3.63) is 75.9 Å². The van der Waals surface area contributed by atoms with Gasteiger partial charge in [0.2, 0.25) is 0 Å². The zero-order chi connectivity index (χ0) is 19.1. The van der Waals surface area contributed by atoms with Gasteiger partial charge in [-0.1, -0.05) is 35.9 Å². The van der Waals surface area contributed by atoms with Crippen molar-refractivity contribution in [3.63, 3.8) is 0 Å². The van der Waals surface area contributed by atoms with E-state index in [1.165, 1.54) is 33.7 Å². The van der Waals surface area contributed by atoms with Crippen LogP contribution in [0.3, 0.4) is 0 Å². The van der Waals surface area contributed by atoms with Crippen LogP contribution in [-0.2, 0) is 11.3 Å². The minimum atomic E-state index is -0.474. The second-order valence-corrected chi connectivity index (χ2v) is 7.96. The molecule has 0 radical (unpaired) electrons. The number of imide groups is 1. The summed E-state index contributed by atoms with van der Waals surface area (Å²) in [5.41, 5.74) is 1.70. The van der Waals surface area contributed by atoms with Crippen LogP contribution < -0.4 is 4.90 Å². The van der Waals surface area contributed by atoms with Gasteiger partial charge in [-0.25, -0.2) is 14.1 Å². The molecule has 4 nitrogen and oxygen atoms in total. The van der Waals surface area contributed by atoms with Gasteiger partial charge in [-0.2, -0.15) is 0 Å². The molecular formula is C20H16ClFN2O2S. The molecule has 2 aliphatic heterocycles. The number of anilines is 1. The highest BCUT2D eigenvalue weighted by molar-refractivity contribution is 8.03. The lowest BCUT2D eigenvalue weighted by molar-refractivity contribution is -0.119. The maximum absolute atomic E-state index is 14.3. The monoisotopic (exact) mass is 402 g/mol. The Morgan fingerprint density at radius 3 is 2.70 bits per heavy atom. The Labute approximate surface area is 165 Å². The van der Waals surface area contributed by atoms with Crippen LogP contribution in [0.2, 0.25) is 5.02 Å². The zero-order valence-corrected chi connectivity index (χ0v) is 16.0. The molecular weight excluding hydrogens is 387 g/mol. The van der Waals surface area contributed by atoms with Gasteiger partial charge in [0.05, 0.1) is 18.3 Å². The Hall–Kier alpha value is -2.31. The third-order valence-electron chi connectivity index (χ3n) is 4.72. The van der Waals surface area contributed by atoms with Crippen LogP contribution >= 0.6 is 23.4 Å². The fraction of sp³-hybridized carbons (Fsp3) is 0.200. The summed E-state index contributed by atoms with van der Waals surface area (Å²) in [5, 5.41) is 1.62. The van der Waals surface area contributed by atoms with Gasteiger partial charge in [-0.3, -0.25) is 4.79 Å². The van der Waals surface area contributed by atoms with Crippen molar-refractivity contribution in [2.75, 3.05) is 4.90 Å². The number of benzene rings is 2. The van der Waals surface area contributed by atoms with Crippen LogP contribution in [-0.4, -0.2) is 28.1 Å². The molecule has 1 saturated heterocycles. The van der Waals surface area contributed by atoms with E-state index >= 15 is 0 Å². The molecule has 0 spiro atoms. The average Bonchev–Trinajstić information content (AvgIpc) is 3.11. The summed E-state index contributed by atoms with van der Waals surface area (Å²) in [6.45, 7) is 1.89. The molecule has 0 aromatic heterocycles. The van der Waals surface area contributed by atoms with E-state index in [9.17, 15) is 14.0 Å². The Bertz CT molecular complexity index is 944. The Kier molecular flexibility index (Phi) is 4.70. The maximum Gasteiger partial charge on any atom is 0.332 e. The summed E-state index contributed by atoms with van der Waals surface area (Å²) in [6, 6.07) is 10.7. The predicted octanol–water partition coefficient (Wildman–Crippen LogP) is 4.75. The molecule has 138 valence electrons. The third kappa shape index (κ3) is 3.13. The number of thioether (sulfide) groups is 1. The summed E-state index contributed by atoms with van der Waals surface area (Å²) in [7, 11) is 0. The Morgan fingerprint density at radius 2 is 1.96 bits per heavy atom. The summed E-state index contributed by atoms with van der Waals surface area (Å²) < 4.78 is 14.3. The number of carbonyl (C=O) groups is 2. The lowest BCUT2D eigenvalue weighted by Crippen LogP contribution is -2.61. The molecule has 0 aliphatic carbocycles. The number of amides is 3. The molecule has 7 heteroatoms. The first kappa shape index (κ1) is 18.1. The summed E-state index contributed by atoms with van der Waals surface area (Å²) >= 11 is 7.53. The lowest BCUT2D eigenvalue weighted by atomic mass is 10.0. The molecule has 2 atom stereocenters. The first-order valence-corrected chi connectivity index (χ1v) is 9.75. The molecule has 27 heavy (non-hydrogen) atoms. The van der Waals surface area contributed by atoms with Gasteiger partial charge in [0.15, 0.2) is 0 Å². The second-order valence-electron chi connectivity index (χ2n) is 6.50. The topological polar surface area (TPSA) is 40.6 Å². The molecule has 2 unspecified atom stereocenters. The van der Waals surface area contributed by atoms with E-state index in [0.29, 0.717) is 5.69 Å². The quantitative estimate of drug-likeness (QED) is 0.743. The SMILES string of the molecule is Cc1cccc(N2C(=O)C3SC=CC3N(Cc3c(F)cccc3Cl)C2=O)c1. The highest BCUT2D eigenvalue weighted by atomic mass is 35.5. The molecule has 2 heterocycles. The summed E-state index contributed by atoms with van der Waals surface area (Å²) in [5.74, 6) is -0.734. The number of rotatable bonds is 3. The predicted molar refractivity (Wildman–Crippen MR) is 105 cm³/mol. The van der Waals surface area contributed by atoms with E-state index < -0.39 is 23.1 Å². The van der Waals surface area contributed by atoms with Gasteiger partial charge in [0, 0.05) is 10.6 Å². The number of urea groups is 1. The number of hydrogen-bond acceptors (Lipinski definition) is 3. The van der Waals surface area contributed by atoms with Crippen molar-refractivity contribution in [2.24, 2.45) is 0 Å². The zero-order valence-electron chi connectivity index (χ0n) is 14.4. The number of hydrogen-bond donors (Lipinski definition) is 0. The molecule has 1 fully saturated rings. The van der Waals surface area contributed by atoms with Crippen LogP contribution in [0.5, 0.6) is 0 Å². The smallest absolute Gasteiger partial charge is 0.311 e. The van der Waals surface area contributed by atoms with Gasteiger partial charge in [-0.15, -0.1) is 11.8 Å². The number of halogens is 2. The van der Waals surface area contributed by atoms with Crippen LogP contribution in [0.15, 0.2) is 53.9 Å². The van der Waals surface area contributed by atoms with Crippen molar-refractivity contribution in [3.8, 4) is 0 Å². The molecule has 3 amide bonds. The molecule has 2 aromatic rings. The average molecular weight is 403 g/mol.